The summed E-state index contributed by atoms with van der Waals surface area (Å²) < 4.78 is 17.4. The van der Waals surface area contributed by atoms with Crippen LogP contribution in [-0.2, 0) is 4.74 Å². The fraction of sp³-hybridized carbons (Fsp3) is 0.455. The Morgan fingerprint density at radius 1 is 1.62 bits per heavy atom. The minimum atomic E-state index is -0.641. The molecule has 16 heavy (non-hydrogen) atoms. The van der Waals surface area contributed by atoms with Crippen molar-refractivity contribution in [2.45, 2.75) is 31.7 Å². The molecule has 0 saturated heterocycles. The summed E-state index contributed by atoms with van der Waals surface area (Å²) in [6.45, 7) is 2.02. The van der Waals surface area contributed by atoms with Crippen molar-refractivity contribution in [2.75, 3.05) is 0 Å². The van der Waals surface area contributed by atoms with Gasteiger partial charge >= 0.3 is 5.97 Å². The summed E-state index contributed by atoms with van der Waals surface area (Å²) in [5.74, 6) is -1.21. The monoisotopic (exact) mass is 245 g/mol. The zero-order chi connectivity index (χ0) is 12.0. The second-order valence-electron chi connectivity index (χ2n) is 3.33. The van der Waals surface area contributed by atoms with Crippen LogP contribution >= 0.6 is 11.6 Å². The molecule has 1 atom stereocenters. The predicted octanol–water partition coefficient (Wildman–Crippen LogP) is 3.13. The van der Waals surface area contributed by atoms with Crippen LogP contribution in [0, 0.1) is 5.95 Å². The smallest absolute Gasteiger partial charge is 0.341 e. The Labute approximate surface area is 98.6 Å². The summed E-state index contributed by atoms with van der Waals surface area (Å²) in [4.78, 5) is 14.8. The highest BCUT2D eigenvalue weighted by molar-refractivity contribution is 6.20. The van der Waals surface area contributed by atoms with E-state index in [9.17, 15) is 9.18 Å². The van der Waals surface area contributed by atoms with Gasteiger partial charge in [0.25, 0.3) is 0 Å². The molecule has 1 aromatic heterocycles. The van der Waals surface area contributed by atoms with Gasteiger partial charge in [0.2, 0.25) is 5.95 Å². The van der Waals surface area contributed by atoms with Crippen LogP contribution in [-0.4, -0.2) is 16.5 Å². The number of halogens is 2. The Bertz CT molecular complexity index is 342. The van der Waals surface area contributed by atoms with Crippen molar-refractivity contribution in [3.63, 3.8) is 0 Å². The van der Waals surface area contributed by atoms with Crippen LogP contribution in [0.4, 0.5) is 4.39 Å². The van der Waals surface area contributed by atoms with Crippen LogP contribution in [0.1, 0.15) is 36.5 Å². The van der Waals surface area contributed by atoms with Gasteiger partial charge in [-0.3, -0.25) is 0 Å². The molecule has 0 aliphatic heterocycles. The molecule has 0 amide bonds. The third kappa shape index (κ3) is 4.14. The predicted molar refractivity (Wildman–Crippen MR) is 58.8 cm³/mol. The van der Waals surface area contributed by atoms with Crippen LogP contribution in [0.3, 0.4) is 0 Å². The largest absolute Gasteiger partial charge is 0.442 e. The molecule has 1 rings (SSSR count). The molecule has 1 aromatic rings. The van der Waals surface area contributed by atoms with Crippen LogP contribution in [0.2, 0.25) is 0 Å². The fourth-order valence-electron chi connectivity index (χ4n) is 1.10. The van der Waals surface area contributed by atoms with Crippen LogP contribution in [0.5, 0.6) is 0 Å². The highest BCUT2D eigenvalue weighted by Gasteiger charge is 2.13. The third-order valence-corrected chi connectivity index (χ3v) is 2.29. The topological polar surface area (TPSA) is 39.2 Å². The molecule has 0 aliphatic carbocycles. The number of nitrogens with zero attached hydrogens (tertiary/aromatic N) is 1. The molecule has 0 aromatic carbocycles. The molecule has 0 saturated carbocycles. The van der Waals surface area contributed by atoms with E-state index in [0.717, 1.165) is 25.1 Å². The Morgan fingerprint density at radius 2 is 2.38 bits per heavy atom. The van der Waals surface area contributed by atoms with Gasteiger partial charge in [-0.2, -0.15) is 4.39 Å². The van der Waals surface area contributed by atoms with E-state index in [0.29, 0.717) is 6.42 Å². The number of hydrogen-bond acceptors (Lipinski definition) is 3. The van der Waals surface area contributed by atoms with Crippen molar-refractivity contribution in [1.82, 2.24) is 4.98 Å². The summed E-state index contributed by atoms with van der Waals surface area (Å²) >= 11 is 5.80. The summed E-state index contributed by atoms with van der Waals surface area (Å²) in [6, 6.07) is 2.42. The van der Waals surface area contributed by atoms with Gasteiger partial charge in [-0.05, 0) is 25.0 Å². The van der Waals surface area contributed by atoms with Crippen molar-refractivity contribution in [3.8, 4) is 0 Å². The van der Waals surface area contributed by atoms with Gasteiger partial charge in [0.15, 0.2) is 5.56 Å². The maximum absolute atomic E-state index is 12.5. The number of carbonyl (C=O) groups is 1. The Kier molecular flexibility index (Phi) is 5.19. The lowest BCUT2D eigenvalue weighted by Crippen LogP contribution is -2.13. The Balaban J connectivity index is 2.48. The number of alkyl halides is 1. The lowest BCUT2D eigenvalue weighted by molar-refractivity contribution is 0.0433. The van der Waals surface area contributed by atoms with Crippen LogP contribution < -0.4 is 0 Å². The number of rotatable bonds is 5. The first-order valence-electron chi connectivity index (χ1n) is 5.10. The molecule has 0 bridgehead atoms. The van der Waals surface area contributed by atoms with Crippen LogP contribution in [0.15, 0.2) is 18.3 Å². The highest BCUT2D eigenvalue weighted by Crippen LogP contribution is 2.12. The summed E-state index contributed by atoms with van der Waals surface area (Å²) in [5.41, 5.74) is -0.443. The molecule has 3 nitrogen and oxygen atoms in total. The zero-order valence-corrected chi connectivity index (χ0v) is 9.71. The average molecular weight is 246 g/mol. The van der Waals surface area contributed by atoms with Gasteiger partial charge < -0.3 is 4.74 Å². The molecular weight excluding hydrogens is 233 g/mol. The van der Waals surface area contributed by atoms with Crippen molar-refractivity contribution >= 4 is 17.6 Å². The van der Waals surface area contributed by atoms with E-state index in [1.165, 1.54) is 6.07 Å². The maximum atomic E-state index is 12.5. The van der Waals surface area contributed by atoms with E-state index in [4.69, 9.17) is 16.3 Å². The Morgan fingerprint density at radius 3 is 2.94 bits per heavy atom. The number of pyridine rings is 1. The van der Waals surface area contributed by atoms with Crippen molar-refractivity contribution in [2.24, 2.45) is 0 Å². The minimum Gasteiger partial charge on any atom is -0.442 e. The summed E-state index contributed by atoms with van der Waals surface area (Å²) in [6.07, 6.45) is 3.61. The van der Waals surface area contributed by atoms with E-state index in [2.05, 4.69) is 4.98 Å². The number of carbonyl (C=O) groups excluding carboxylic acids is 1. The molecule has 1 unspecified atom stereocenters. The quantitative estimate of drug-likeness (QED) is 0.455. The maximum Gasteiger partial charge on any atom is 0.341 e. The first-order valence-corrected chi connectivity index (χ1v) is 5.53. The third-order valence-electron chi connectivity index (χ3n) is 1.98. The van der Waals surface area contributed by atoms with Crippen molar-refractivity contribution in [1.29, 1.82) is 0 Å². The summed E-state index contributed by atoms with van der Waals surface area (Å²) in [5, 5.41) is 0. The first-order chi connectivity index (χ1) is 7.63. The lowest BCUT2D eigenvalue weighted by atomic mass is 10.2. The molecule has 0 spiro atoms. The van der Waals surface area contributed by atoms with Gasteiger partial charge in [0.1, 0.15) is 0 Å². The highest BCUT2D eigenvalue weighted by atomic mass is 35.5. The molecule has 0 fully saturated rings. The molecule has 5 heteroatoms. The van der Waals surface area contributed by atoms with Gasteiger partial charge in [-0.25, -0.2) is 9.78 Å². The molecule has 88 valence electrons. The fourth-order valence-corrected chi connectivity index (χ4v) is 1.34. The number of ether oxygens (including phenoxy) is 1. The minimum absolute atomic E-state index is 0.198. The normalized spacial score (nSPS) is 12.2. The first kappa shape index (κ1) is 12.9. The van der Waals surface area contributed by atoms with Gasteiger partial charge in [-0.15, -0.1) is 0 Å². The number of esters is 1. The van der Waals surface area contributed by atoms with E-state index < -0.39 is 17.5 Å². The molecule has 1 heterocycles. The van der Waals surface area contributed by atoms with Gasteiger partial charge in [0.05, 0.1) is 5.56 Å². The number of unbranched alkanes of at least 4 members (excludes halogenated alkanes) is 1. The second kappa shape index (κ2) is 6.43. The van der Waals surface area contributed by atoms with Gasteiger partial charge in [0, 0.05) is 6.20 Å². The molecule has 0 N–H and O–H groups in total. The van der Waals surface area contributed by atoms with Crippen molar-refractivity contribution < 1.29 is 13.9 Å². The number of hydrogen-bond donors (Lipinski definition) is 0. The van der Waals surface area contributed by atoms with E-state index >= 15 is 0 Å². The van der Waals surface area contributed by atoms with Gasteiger partial charge in [-0.1, -0.05) is 24.9 Å². The molecular formula is C11H13ClFNO2. The number of aromatic nitrogens is 1. The van der Waals surface area contributed by atoms with Crippen molar-refractivity contribution in [3.05, 3.63) is 29.8 Å². The SMILES string of the molecule is CCCCC(Cl)OC(=O)c1ccc(F)nc1. The second-order valence-corrected chi connectivity index (χ2v) is 3.81. The van der Waals surface area contributed by atoms with Crippen LogP contribution in [0.25, 0.3) is 0 Å². The average Bonchev–Trinajstić information content (AvgIpc) is 2.27. The zero-order valence-electron chi connectivity index (χ0n) is 8.95. The molecule has 0 radical (unpaired) electrons. The summed E-state index contributed by atoms with van der Waals surface area (Å²) in [7, 11) is 0. The van der Waals surface area contributed by atoms with E-state index in [-0.39, 0.29) is 5.56 Å². The lowest BCUT2D eigenvalue weighted by Gasteiger charge is -2.10. The molecule has 0 aliphatic rings. The van der Waals surface area contributed by atoms with E-state index in [1.54, 1.807) is 0 Å². The van der Waals surface area contributed by atoms with E-state index in [1.807, 2.05) is 6.92 Å². The standard InChI is InChI=1S/C11H13ClFNO2/c1-2-3-4-9(12)16-11(15)8-5-6-10(13)14-7-8/h5-7,9H,2-4H2,1H3. The Hall–Kier alpha value is -1.16.